The molecule has 1 saturated carbocycles. The predicted molar refractivity (Wildman–Crippen MR) is 94.7 cm³/mol. The number of aliphatic carboxylic acids is 1. The van der Waals surface area contributed by atoms with Gasteiger partial charge in [-0.05, 0) is 54.8 Å². The highest BCUT2D eigenvalue weighted by atomic mass is 19.1. The third-order valence-corrected chi connectivity index (χ3v) is 4.76. The summed E-state index contributed by atoms with van der Waals surface area (Å²) >= 11 is 0. The van der Waals surface area contributed by atoms with Crippen LogP contribution < -0.4 is 10.1 Å². The molecule has 2 aromatic rings. The fourth-order valence-corrected chi connectivity index (χ4v) is 3.42. The second-order valence-electron chi connectivity index (χ2n) is 6.46. The van der Waals surface area contributed by atoms with E-state index in [1.807, 2.05) is 0 Å². The molecule has 5 nitrogen and oxygen atoms in total. The Hall–Kier alpha value is -2.89. The maximum absolute atomic E-state index is 13.2. The minimum Gasteiger partial charge on any atom is -0.482 e. The summed E-state index contributed by atoms with van der Waals surface area (Å²) in [5, 5.41) is 11.5. The Labute approximate surface area is 150 Å². The molecule has 0 unspecified atom stereocenters. The van der Waals surface area contributed by atoms with Gasteiger partial charge in [-0.25, -0.2) is 9.18 Å². The number of hydrogen-bond acceptors (Lipinski definition) is 3. The van der Waals surface area contributed by atoms with Gasteiger partial charge in [0.2, 0.25) is 5.91 Å². The van der Waals surface area contributed by atoms with Gasteiger partial charge in [-0.1, -0.05) is 25.0 Å². The molecule has 2 aromatic carbocycles. The van der Waals surface area contributed by atoms with E-state index in [1.165, 1.54) is 12.1 Å². The van der Waals surface area contributed by atoms with Gasteiger partial charge in [-0.15, -0.1) is 0 Å². The number of halogens is 1. The van der Waals surface area contributed by atoms with Crippen LogP contribution in [-0.2, 0) is 15.0 Å². The predicted octanol–water partition coefficient (Wildman–Crippen LogP) is 3.74. The number of carbonyl (C=O) groups is 2. The van der Waals surface area contributed by atoms with Crippen molar-refractivity contribution in [1.29, 1.82) is 0 Å². The SMILES string of the molecule is O=C(O)COc1ccc(NC(=O)C2(c3ccc(F)cc3)CCCC2)cc1. The van der Waals surface area contributed by atoms with Crippen LogP contribution in [0.5, 0.6) is 5.75 Å². The fourth-order valence-electron chi connectivity index (χ4n) is 3.42. The monoisotopic (exact) mass is 357 g/mol. The molecule has 0 heterocycles. The number of hydrogen-bond donors (Lipinski definition) is 2. The molecule has 6 heteroatoms. The summed E-state index contributed by atoms with van der Waals surface area (Å²) in [6.45, 7) is -0.417. The van der Waals surface area contributed by atoms with E-state index in [1.54, 1.807) is 36.4 Å². The Morgan fingerprint density at radius 1 is 1.04 bits per heavy atom. The van der Waals surface area contributed by atoms with Gasteiger partial charge in [0.25, 0.3) is 0 Å². The van der Waals surface area contributed by atoms with Crippen molar-refractivity contribution in [3.05, 3.63) is 59.9 Å². The van der Waals surface area contributed by atoms with E-state index in [-0.39, 0.29) is 11.7 Å². The van der Waals surface area contributed by atoms with Crippen LogP contribution in [0.2, 0.25) is 0 Å². The Morgan fingerprint density at radius 3 is 2.23 bits per heavy atom. The summed E-state index contributed by atoms with van der Waals surface area (Å²) in [5.74, 6) is -1.07. The zero-order valence-electron chi connectivity index (χ0n) is 14.2. The molecular formula is C20H20FNO4. The zero-order valence-corrected chi connectivity index (χ0v) is 14.2. The molecule has 26 heavy (non-hydrogen) atoms. The van der Waals surface area contributed by atoms with Crippen LogP contribution in [0.1, 0.15) is 31.2 Å². The second kappa shape index (κ2) is 7.56. The van der Waals surface area contributed by atoms with Gasteiger partial charge in [-0.2, -0.15) is 0 Å². The number of amides is 1. The van der Waals surface area contributed by atoms with Crippen LogP contribution in [0.25, 0.3) is 0 Å². The molecule has 0 aromatic heterocycles. The van der Waals surface area contributed by atoms with Gasteiger partial charge in [-0.3, -0.25) is 4.79 Å². The van der Waals surface area contributed by atoms with E-state index in [4.69, 9.17) is 9.84 Å². The zero-order chi connectivity index (χ0) is 18.6. The van der Waals surface area contributed by atoms with Gasteiger partial charge in [0, 0.05) is 5.69 Å². The van der Waals surface area contributed by atoms with Crippen LogP contribution in [0, 0.1) is 5.82 Å². The van der Waals surface area contributed by atoms with Crippen molar-refractivity contribution in [1.82, 2.24) is 0 Å². The average molecular weight is 357 g/mol. The van der Waals surface area contributed by atoms with Crippen molar-refractivity contribution < 1.29 is 23.8 Å². The van der Waals surface area contributed by atoms with Gasteiger partial charge in [0.15, 0.2) is 6.61 Å². The van der Waals surface area contributed by atoms with Crippen LogP contribution in [0.15, 0.2) is 48.5 Å². The number of carboxylic acids is 1. The average Bonchev–Trinajstić information content (AvgIpc) is 3.13. The lowest BCUT2D eigenvalue weighted by molar-refractivity contribution is -0.139. The first kappa shape index (κ1) is 17.9. The van der Waals surface area contributed by atoms with Gasteiger partial charge < -0.3 is 15.2 Å². The van der Waals surface area contributed by atoms with E-state index in [0.717, 1.165) is 31.2 Å². The Kier molecular flexibility index (Phi) is 5.21. The van der Waals surface area contributed by atoms with Gasteiger partial charge >= 0.3 is 5.97 Å². The number of carboxylic acid groups (broad SMARTS) is 1. The highest BCUT2D eigenvalue weighted by Crippen LogP contribution is 2.42. The molecule has 0 saturated heterocycles. The normalized spacial score (nSPS) is 15.4. The molecule has 0 bridgehead atoms. The topological polar surface area (TPSA) is 75.6 Å². The number of anilines is 1. The number of nitrogens with one attached hydrogen (secondary N) is 1. The third kappa shape index (κ3) is 3.85. The first-order chi connectivity index (χ1) is 12.5. The largest absolute Gasteiger partial charge is 0.482 e. The van der Waals surface area contributed by atoms with E-state index >= 15 is 0 Å². The Morgan fingerprint density at radius 2 is 1.65 bits per heavy atom. The first-order valence-electron chi connectivity index (χ1n) is 8.52. The molecule has 1 aliphatic rings. The molecule has 0 atom stereocenters. The number of rotatable bonds is 6. The molecule has 1 fully saturated rings. The van der Waals surface area contributed by atoms with Crippen molar-refractivity contribution in [3.8, 4) is 5.75 Å². The lowest BCUT2D eigenvalue weighted by Crippen LogP contribution is -2.38. The summed E-state index contributed by atoms with van der Waals surface area (Å²) in [4.78, 5) is 23.5. The Bertz CT molecular complexity index is 780. The standard InChI is InChI=1S/C20H20FNO4/c21-15-5-3-14(4-6-15)20(11-1-2-12-20)19(25)22-16-7-9-17(10-8-16)26-13-18(23)24/h3-10H,1-2,11-13H2,(H,22,25)(H,23,24). The highest BCUT2D eigenvalue weighted by Gasteiger charge is 2.42. The van der Waals surface area contributed by atoms with Crippen molar-refractivity contribution >= 4 is 17.6 Å². The summed E-state index contributed by atoms with van der Waals surface area (Å²) in [7, 11) is 0. The van der Waals surface area contributed by atoms with Crippen LogP contribution >= 0.6 is 0 Å². The minimum atomic E-state index is -1.05. The molecule has 3 rings (SSSR count). The second-order valence-corrected chi connectivity index (χ2v) is 6.46. The summed E-state index contributed by atoms with van der Waals surface area (Å²) in [6, 6.07) is 12.7. The van der Waals surface area contributed by atoms with Crippen molar-refractivity contribution in [2.75, 3.05) is 11.9 Å². The van der Waals surface area contributed by atoms with E-state index < -0.39 is 18.0 Å². The molecular weight excluding hydrogens is 337 g/mol. The fraction of sp³-hybridized carbons (Fsp3) is 0.300. The van der Waals surface area contributed by atoms with E-state index in [2.05, 4.69) is 5.32 Å². The molecule has 0 radical (unpaired) electrons. The summed E-state index contributed by atoms with van der Waals surface area (Å²) in [5.41, 5.74) is 0.785. The molecule has 0 aliphatic heterocycles. The third-order valence-electron chi connectivity index (χ3n) is 4.76. The van der Waals surface area contributed by atoms with Crippen molar-refractivity contribution in [2.45, 2.75) is 31.1 Å². The van der Waals surface area contributed by atoms with Crippen LogP contribution in [0.4, 0.5) is 10.1 Å². The Balaban J connectivity index is 1.74. The summed E-state index contributed by atoms with van der Waals surface area (Å²) in [6.07, 6.45) is 3.36. The van der Waals surface area contributed by atoms with Crippen molar-refractivity contribution in [3.63, 3.8) is 0 Å². The maximum Gasteiger partial charge on any atom is 0.341 e. The molecule has 136 valence electrons. The lowest BCUT2D eigenvalue weighted by Gasteiger charge is -2.28. The van der Waals surface area contributed by atoms with Gasteiger partial charge in [0.05, 0.1) is 5.41 Å². The van der Waals surface area contributed by atoms with Crippen LogP contribution in [0.3, 0.4) is 0 Å². The lowest BCUT2D eigenvalue weighted by atomic mass is 9.78. The minimum absolute atomic E-state index is 0.110. The van der Waals surface area contributed by atoms with Crippen molar-refractivity contribution in [2.24, 2.45) is 0 Å². The van der Waals surface area contributed by atoms with E-state index in [9.17, 15) is 14.0 Å². The maximum atomic E-state index is 13.2. The number of ether oxygens (including phenoxy) is 1. The van der Waals surface area contributed by atoms with E-state index in [0.29, 0.717) is 11.4 Å². The first-order valence-corrected chi connectivity index (χ1v) is 8.52. The molecule has 1 amide bonds. The number of carbonyl (C=O) groups excluding carboxylic acids is 1. The van der Waals surface area contributed by atoms with Crippen LogP contribution in [-0.4, -0.2) is 23.6 Å². The molecule has 1 aliphatic carbocycles. The summed E-state index contributed by atoms with van der Waals surface area (Å²) < 4.78 is 18.3. The molecule has 2 N–H and O–H groups in total. The highest BCUT2D eigenvalue weighted by molar-refractivity contribution is 5.99. The quantitative estimate of drug-likeness (QED) is 0.826. The number of benzene rings is 2. The smallest absolute Gasteiger partial charge is 0.341 e. The van der Waals surface area contributed by atoms with Gasteiger partial charge in [0.1, 0.15) is 11.6 Å². The molecule has 0 spiro atoms.